The first kappa shape index (κ1) is 12.8. The number of nitrogens with one attached hydrogen (secondary N) is 2. The number of amides is 4. The fourth-order valence-corrected chi connectivity index (χ4v) is 1.51. The van der Waals surface area contributed by atoms with Crippen molar-refractivity contribution >= 4 is 12.1 Å². The van der Waals surface area contributed by atoms with Crippen LogP contribution in [-0.4, -0.2) is 29.2 Å². The Labute approximate surface area is 96.6 Å². The predicted octanol–water partition coefficient (Wildman–Crippen LogP) is 1.89. The van der Waals surface area contributed by atoms with Crippen LogP contribution in [0.5, 0.6) is 0 Å². The molecule has 1 heterocycles. The van der Waals surface area contributed by atoms with Gasteiger partial charge in [0.2, 0.25) is 0 Å². The summed E-state index contributed by atoms with van der Waals surface area (Å²) < 4.78 is 0. The fourth-order valence-electron chi connectivity index (χ4n) is 1.51. The van der Waals surface area contributed by atoms with Crippen LogP contribution in [0.4, 0.5) is 9.59 Å². The summed E-state index contributed by atoms with van der Waals surface area (Å²) in [7, 11) is 0. The highest BCUT2D eigenvalue weighted by molar-refractivity contribution is 5.96. The van der Waals surface area contributed by atoms with E-state index in [1.165, 1.54) is 4.90 Å². The number of nitrogens with zero attached hydrogens (tertiary/aromatic N) is 1. The molecule has 5 heteroatoms. The minimum Gasteiger partial charge on any atom is -0.315 e. The molecule has 0 aromatic heterocycles. The Morgan fingerprint density at radius 3 is 2.12 bits per heavy atom. The van der Waals surface area contributed by atoms with Crippen LogP contribution < -0.4 is 10.6 Å². The molecule has 0 aromatic rings. The second-order valence-corrected chi connectivity index (χ2v) is 4.72. The number of hydrogen-bond acceptors (Lipinski definition) is 2. The minimum absolute atomic E-state index is 0.147. The van der Waals surface area contributed by atoms with E-state index in [1.807, 2.05) is 27.7 Å². The second-order valence-electron chi connectivity index (χ2n) is 4.72. The topological polar surface area (TPSA) is 61.4 Å². The number of urea groups is 2. The first-order valence-corrected chi connectivity index (χ1v) is 5.82. The molecule has 0 saturated carbocycles. The number of imide groups is 1. The van der Waals surface area contributed by atoms with Gasteiger partial charge in [-0.25, -0.2) is 14.5 Å². The normalized spacial score (nSPS) is 19.7. The maximum Gasteiger partial charge on any atom is 0.327 e. The molecule has 0 atom stereocenters. The summed E-state index contributed by atoms with van der Waals surface area (Å²) in [5.74, 6) is 0.147. The molecule has 2 N–H and O–H groups in total. The van der Waals surface area contributed by atoms with Gasteiger partial charge in [-0.2, -0.15) is 0 Å². The lowest BCUT2D eigenvalue weighted by Gasteiger charge is -2.42. The molecule has 1 saturated heterocycles. The number of carbonyl (C=O) groups is 2. The van der Waals surface area contributed by atoms with Crippen molar-refractivity contribution in [2.45, 2.75) is 46.2 Å². The standard InChI is InChI=1S/C11H21N3O2/c1-5-6-7-14-9(15)12-11(4,8(2)3)13-10(14)16/h8H,5-7H2,1-4H3,(H,12,15)(H,13,16). The van der Waals surface area contributed by atoms with Crippen LogP contribution in [0.15, 0.2) is 0 Å². The lowest BCUT2D eigenvalue weighted by atomic mass is 9.97. The number of carbonyl (C=O) groups excluding carboxylic acids is 2. The summed E-state index contributed by atoms with van der Waals surface area (Å²) >= 11 is 0. The molecule has 1 aliphatic heterocycles. The van der Waals surface area contributed by atoms with Gasteiger partial charge in [0.1, 0.15) is 5.66 Å². The first-order chi connectivity index (χ1) is 7.40. The van der Waals surface area contributed by atoms with Gasteiger partial charge < -0.3 is 10.6 Å². The quantitative estimate of drug-likeness (QED) is 0.770. The lowest BCUT2D eigenvalue weighted by Crippen LogP contribution is -2.71. The molecule has 1 aliphatic rings. The summed E-state index contributed by atoms with van der Waals surface area (Å²) in [5.41, 5.74) is -0.642. The zero-order valence-corrected chi connectivity index (χ0v) is 10.5. The Bertz CT molecular complexity index is 271. The van der Waals surface area contributed by atoms with E-state index in [4.69, 9.17) is 0 Å². The molecule has 4 amide bonds. The molecular formula is C11H21N3O2. The van der Waals surface area contributed by atoms with E-state index in [0.717, 1.165) is 12.8 Å². The Morgan fingerprint density at radius 1 is 1.25 bits per heavy atom. The van der Waals surface area contributed by atoms with Crippen molar-refractivity contribution in [2.24, 2.45) is 5.92 Å². The third-order valence-electron chi connectivity index (χ3n) is 3.11. The average Bonchev–Trinajstić information content (AvgIpc) is 2.16. The van der Waals surface area contributed by atoms with E-state index in [-0.39, 0.29) is 18.0 Å². The summed E-state index contributed by atoms with van der Waals surface area (Å²) in [5, 5.41) is 5.67. The van der Waals surface area contributed by atoms with Gasteiger partial charge in [0, 0.05) is 6.54 Å². The number of unbranched alkanes of at least 4 members (excludes halogenated alkanes) is 1. The second kappa shape index (κ2) is 4.72. The Kier molecular flexibility index (Phi) is 3.78. The molecule has 16 heavy (non-hydrogen) atoms. The molecule has 0 spiro atoms. The van der Waals surface area contributed by atoms with Crippen molar-refractivity contribution in [1.29, 1.82) is 0 Å². The van der Waals surface area contributed by atoms with Crippen molar-refractivity contribution in [1.82, 2.24) is 15.5 Å². The molecule has 1 fully saturated rings. The van der Waals surface area contributed by atoms with Gasteiger partial charge in [-0.15, -0.1) is 0 Å². The van der Waals surface area contributed by atoms with Crippen LogP contribution in [0.2, 0.25) is 0 Å². The third-order valence-corrected chi connectivity index (χ3v) is 3.11. The molecule has 0 aliphatic carbocycles. The molecule has 92 valence electrons. The van der Waals surface area contributed by atoms with Crippen LogP contribution in [0.25, 0.3) is 0 Å². The van der Waals surface area contributed by atoms with Crippen molar-refractivity contribution < 1.29 is 9.59 Å². The Balaban J connectivity index is 2.71. The Hall–Kier alpha value is -1.26. The van der Waals surface area contributed by atoms with Crippen LogP contribution in [0.3, 0.4) is 0 Å². The summed E-state index contributed by atoms with van der Waals surface area (Å²) in [6, 6.07) is -0.596. The van der Waals surface area contributed by atoms with Gasteiger partial charge >= 0.3 is 12.1 Å². The minimum atomic E-state index is -0.642. The molecule has 5 nitrogen and oxygen atoms in total. The third kappa shape index (κ3) is 2.46. The maximum atomic E-state index is 11.8. The fraction of sp³-hybridized carbons (Fsp3) is 0.818. The summed E-state index contributed by atoms with van der Waals surface area (Å²) in [6.45, 7) is 8.25. The lowest BCUT2D eigenvalue weighted by molar-refractivity contribution is 0.125. The van der Waals surface area contributed by atoms with Gasteiger partial charge in [0.05, 0.1) is 0 Å². The van der Waals surface area contributed by atoms with Crippen LogP contribution >= 0.6 is 0 Å². The molecule has 0 bridgehead atoms. The van der Waals surface area contributed by atoms with Gasteiger partial charge in [-0.1, -0.05) is 27.2 Å². The van der Waals surface area contributed by atoms with Crippen molar-refractivity contribution in [3.05, 3.63) is 0 Å². The number of hydrogen-bond donors (Lipinski definition) is 2. The van der Waals surface area contributed by atoms with Crippen molar-refractivity contribution in [3.8, 4) is 0 Å². The highest BCUT2D eigenvalue weighted by atomic mass is 16.2. The van der Waals surface area contributed by atoms with Gasteiger partial charge in [0.25, 0.3) is 0 Å². The summed E-state index contributed by atoms with van der Waals surface area (Å²) in [6.07, 6.45) is 1.79. The van der Waals surface area contributed by atoms with E-state index >= 15 is 0 Å². The average molecular weight is 227 g/mol. The molecule has 0 radical (unpaired) electrons. The van der Waals surface area contributed by atoms with E-state index < -0.39 is 5.66 Å². The zero-order valence-electron chi connectivity index (χ0n) is 10.5. The van der Waals surface area contributed by atoms with Crippen LogP contribution in [0, 0.1) is 5.92 Å². The van der Waals surface area contributed by atoms with Gasteiger partial charge in [-0.3, -0.25) is 0 Å². The molecule has 0 aromatic carbocycles. The number of rotatable bonds is 4. The maximum absolute atomic E-state index is 11.8. The van der Waals surface area contributed by atoms with E-state index in [1.54, 1.807) is 0 Å². The highest BCUT2D eigenvalue weighted by Crippen LogP contribution is 2.17. The van der Waals surface area contributed by atoms with Crippen molar-refractivity contribution in [2.75, 3.05) is 6.54 Å². The van der Waals surface area contributed by atoms with Crippen molar-refractivity contribution in [3.63, 3.8) is 0 Å². The van der Waals surface area contributed by atoms with E-state index in [2.05, 4.69) is 10.6 Å². The van der Waals surface area contributed by atoms with Gasteiger partial charge in [-0.05, 0) is 19.3 Å². The predicted molar refractivity (Wildman–Crippen MR) is 61.9 cm³/mol. The van der Waals surface area contributed by atoms with Gasteiger partial charge in [0.15, 0.2) is 0 Å². The molecule has 1 rings (SSSR count). The largest absolute Gasteiger partial charge is 0.327 e. The van der Waals surface area contributed by atoms with E-state index in [9.17, 15) is 9.59 Å². The molecule has 0 unspecified atom stereocenters. The first-order valence-electron chi connectivity index (χ1n) is 5.82. The smallest absolute Gasteiger partial charge is 0.315 e. The molecular weight excluding hydrogens is 206 g/mol. The monoisotopic (exact) mass is 227 g/mol. The van der Waals surface area contributed by atoms with E-state index in [0.29, 0.717) is 6.54 Å². The zero-order chi connectivity index (χ0) is 12.3. The highest BCUT2D eigenvalue weighted by Gasteiger charge is 2.40. The Morgan fingerprint density at radius 2 is 1.75 bits per heavy atom. The van der Waals surface area contributed by atoms with Crippen LogP contribution in [-0.2, 0) is 0 Å². The van der Waals surface area contributed by atoms with Crippen LogP contribution in [0.1, 0.15) is 40.5 Å². The summed E-state index contributed by atoms with van der Waals surface area (Å²) in [4.78, 5) is 24.8. The SMILES string of the molecule is CCCCN1C(=O)NC(C)(C(C)C)NC1=O.